The fraction of sp³-hybridized carbons (Fsp3) is 0.316. The van der Waals surface area contributed by atoms with Crippen molar-refractivity contribution in [2.45, 2.75) is 32.8 Å². The van der Waals surface area contributed by atoms with Crippen molar-refractivity contribution in [1.82, 2.24) is 0 Å². The zero-order chi connectivity index (χ0) is 16.7. The standard InChI is InChI=1S/C19H23NO3/c1-3-11-23-18-12-14(2)9-10-16(18)20-19(22)13-17(21)15-7-5-4-6-8-15/h4-10,12,17,21H,3,11,13H2,1-2H3,(H,20,22). The van der Waals surface area contributed by atoms with Gasteiger partial charge >= 0.3 is 0 Å². The van der Waals surface area contributed by atoms with Crippen molar-refractivity contribution in [1.29, 1.82) is 0 Å². The minimum Gasteiger partial charge on any atom is -0.491 e. The molecule has 0 aliphatic heterocycles. The number of benzene rings is 2. The second-order valence-corrected chi connectivity index (χ2v) is 5.53. The molecule has 4 heteroatoms. The van der Waals surface area contributed by atoms with Gasteiger partial charge in [-0.15, -0.1) is 0 Å². The highest BCUT2D eigenvalue weighted by molar-refractivity contribution is 5.92. The molecule has 0 fully saturated rings. The van der Waals surface area contributed by atoms with Crippen LogP contribution in [0.3, 0.4) is 0 Å². The summed E-state index contributed by atoms with van der Waals surface area (Å²) in [6.45, 7) is 4.60. The summed E-state index contributed by atoms with van der Waals surface area (Å²) in [4.78, 5) is 12.2. The van der Waals surface area contributed by atoms with Gasteiger partial charge < -0.3 is 15.2 Å². The Balaban J connectivity index is 2.02. The Morgan fingerprint density at radius 2 is 1.96 bits per heavy atom. The molecule has 0 saturated carbocycles. The molecule has 0 spiro atoms. The maximum Gasteiger partial charge on any atom is 0.227 e. The Hall–Kier alpha value is -2.33. The summed E-state index contributed by atoms with van der Waals surface area (Å²) in [5.41, 5.74) is 2.43. The fourth-order valence-corrected chi connectivity index (χ4v) is 2.23. The third-order valence-corrected chi connectivity index (χ3v) is 3.44. The first kappa shape index (κ1) is 17.0. The van der Waals surface area contributed by atoms with Crippen LogP contribution >= 0.6 is 0 Å². The lowest BCUT2D eigenvalue weighted by molar-refractivity contribution is -0.118. The van der Waals surface area contributed by atoms with Crippen LogP contribution in [0.2, 0.25) is 0 Å². The molecule has 0 radical (unpaired) electrons. The molecule has 2 aromatic rings. The molecule has 4 nitrogen and oxygen atoms in total. The van der Waals surface area contributed by atoms with E-state index in [1.165, 1.54) is 0 Å². The van der Waals surface area contributed by atoms with Gasteiger partial charge in [0.15, 0.2) is 0 Å². The van der Waals surface area contributed by atoms with E-state index in [-0.39, 0.29) is 12.3 Å². The summed E-state index contributed by atoms with van der Waals surface area (Å²) in [7, 11) is 0. The van der Waals surface area contributed by atoms with E-state index in [0.717, 1.165) is 17.5 Å². The zero-order valence-electron chi connectivity index (χ0n) is 13.6. The Morgan fingerprint density at radius 1 is 1.22 bits per heavy atom. The van der Waals surface area contributed by atoms with Gasteiger partial charge in [-0.2, -0.15) is 0 Å². The van der Waals surface area contributed by atoms with Crippen LogP contribution < -0.4 is 10.1 Å². The summed E-state index contributed by atoms with van der Waals surface area (Å²) in [6.07, 6.45) is 0.0840. The minimum absolute atomic E-state index is 0.00507. The van der Waals surface area contributed by atoms with Crippen LogP contribution in [-0.4, -0.2) is 17.6 Å². The molecule has 0 saturated heterocycles. The molecule has 23 heavy (non-hydrogen) atoms. The Labute approximate surface area is 137 Å². The van der Waals surface area contributed by atoms with Gasteiger partial charge in [0.1, 0.15) is 5.75 Å². The van der Waals surface area contributed by atoms with Gasteiger partial charge in [0.2, 0.25) is 5.91 Å². The Kier molecular flexibility index (Phi) is 6.18. The average molecular weight is 313 g/mol. The quantitative estimate of drug-likeness (QED) is 0.816. The van der Waals surface area contributed by atoms with Gasteiger partial charge in [-0.3, -0.25) is 4.79 Å². The van der Waals surface area contributed by atoms with Crippen molar-refractivity contribution in [3.8, 4) is 5.75 Å². The molecule has 122 valence electrons. The largest absolute Gasteiger partial charge is 0.491 e. The fourth-order valence-electron chi connectivity index (χ4n) is 2.23. The number of aryl methyl sites for hydroxylation is 1. The molecule has 1 unspecified atom stereocenters. The van der Waals surface area contributed by atoms with Crippen LogP contribution in [-0.2, 0) is 4.79 Å². The van der Waals surface area contributed by atoms with Crippen molar-refractivity contribution in [2.75, 3.05) is 11.9 Å². The van der Waals surface area contributed by atoms with E-state index in [4.69, 9.17) is 4.74 Å². The van der Waals surface area contributed by atoms with E-state index in [0.29, 0.717) is 18.0 Å². The zero-order valence-corrected chi connectivity index (χ0v) is 13.6. The van der Waals surface area contributed by atoms with Crippen LogP contribution in [0.5, 0.6) is 5.75 Å². The van der Waals surface area contributed by atoms with Gasteiger partial charge in [-0.05, 0) is 36.6 Å². The summed E-state index contributed by atoms with van der Waals surface area (Å²) in [6, 6.07) is 14.8. The second-order valence-electron chi connectivity index (χ2n) is 5.53. The van der Waals surface area contributed by atoms with Crippen molar-refractivity contribution >= 4 is 11.6 Å². The molecular weight excluding hydrogens is 290 g/mol. The lowest BCUT2D eigenvalue weighted by Gasteiger charge is -2.15. The number of nitrogens with one attached hydrogen (secondary N) is 1. The second kappa shape index (κ2) is 8.34. The number of hydrogen-bond donors (Lipinski definition) is 2. The topological polar surface area (TPSA) is 58.6 Å². The summed E-state index contributed by atoms with van der Waals surface area (Å²) < 4.78 is 5.68. The van der Waals surface area contributed by atoms with E-state index in [2.05, 4.69) is 5.32 Å². The van der Waals surface area contributed by atoms with Crippen LogP contribution in [0.4, 0.5) is 5.69 Å². The molecule has 0 bridgehead atoms. The first-order valence-electron chi connectivity index (χ1n) is 7.86. The van der Waals surface area contributed by atoms with Crippen LogP contribution in [0, 0.1) is 6.92 Å². The lowest BCUT2D eigenvalue weighted by atomic mass is 10.1. The molecular formula is C19H23NO3. The number of carbonyl (C=O) groups is 1. The van der Waals surface area contributed by atoms with Gasteiger partial charge in [-0.1, -0.05) is 43.3 Å². The number of ether oxygens (including phenoxy) is 1. The van der Waals surface area contributed by atoms with E-state index < -0.39 is 6.10 Å². The predicted molar refractivity (Wildman–Crippen MR) is 91.6 cm³/mol. The maximum atomic E-state index is 12.2. The highest BCUT2D eigenvalue weighted by Crippen LogP contribution is 2.27. The van der Waals surface area contributed by atoms with E-state index in [9.17, 15) is 9.90 Å². The maximum absolute atomic E-state index is 12.2. The Morgan fingerprint density at radius 3 is 2.65 bits per heavy atom. The number of hydrogen-bond acceptors (Lipinski definition) is 3. The Bertz CT molecular complexity index is 640. The monoisotopic (exact) mass is 313 g/mol. The van der Waals surface area contributed by atoms with Crippen molar-refractivity contribution in [2.24, 2.45) is 0 Å². The molecule has 0 aliphatic rings. The molecule has 0 heterocycles. The normalized spacial score (nSPS) is 11.8. The highest BCUT2D eigenvalue weighted by atomic mass is 16.5. The first-order chi connectivity index (χ1) is 11.1. The van der Waals surface area contributed by atoms with Crippen molar-refractivity contribution in [3.05, 3.63) is 59.7 Å². The number of amides is 1. The molecule has 2 N–H and O–H groups in total. The summed E-state index contributed by atoms with van der Waals surface area (Å²) >= 11 is 0. The van der Waals surface area contributed by atoms with E-state index >= 15 is 0 Å². The van der Waals surface area contributed by atoms with Crippen LogP contribution in [0.1, 0.15) is 37.0 Å². The van der Waals surface area contributed by atoms with Crippen molar-refractivity contribution < 1.29 is 14.6 Å². The van der Waals surface area contributed by atoms with Gasteiger partial charge in [0.05, 0.1) is 24.8 Å². The average Bonchev–Trinajstić information content (AvgIpc) is 2.55. The van der Waals surface area contributed by atoms with E-state index in [1.54, 1.807) is 12.1 Å². The van der Waals surface area contributed by atoms with Gasteiger partial charge in [-0.25, -0.2) is 0 Å². The minimum atomic E-state index is -0.818. The third-order valence-electron chi connectivity index (χ3n) is 3.44. The molecule has 0 aromatic heterocycles. The van der Waals surface area contributed by atoms with Crippen LogP contribution in [0.25, 0.3) is 0 Å². The number of anilines is 1. The first-order valence-corrected chi connectivity index (χ1v) is 7.86. The smallest absolute Gasteiger partial charge is 0.227 e. The predicted octanol–water partition coefficient (Wildman–Crippen LogP) is 3.85. The van der Waals surface area contributed by atoms with E-state index in [1.807, 2.05) is 50.2 Å². The lowest BCUT2D eigenvalue weighted by Crippen LogP contribution is -2.16. The van der Waals surface area contributed by atoms with Crippen LogP contribution in [0.15, 0.2) is 48.5 Å². The molecule has 2 aromatic carbocycles. The number of carbonyl (C=O) groups excluding carboxylic acids is 1. The SMILES string of the molecule is CCCOc1cc(C)ccc1NC(=O)CC(O)c1ccccc1. The summed E-state index contributed by atoms with van der Waals surface area (Å²) in [5, 5.41) is 13.0. The number of aliphatic hydroxyl groups is 1. The molecule has 1 amide bonds. The number of aliphatic hydroxyl groups excluding tert-OH is 1. The summed E-state index contributed by atoms with van der Waals surface area (Å²) in [5.74, 6) is 0.418. The van der Waals surface area contributed by atoms with Gasteiger partial charge in [0, 0.05) is 0 Å². The van der Waals surface area contributed by atoms with Crippen molar-refractivity contribution in [3.63, 3.8) is 0 Å². The molecule has 2 rings (SSSR count). The highest BCUT2D eigenvalue weighted by Gasteiger charge is 2.14. The van der Waals surface area contributed by atoms with Gasteiger partial charge in [0.25, 0.3) is 0 Å². The third kappa shape index (κ3) is 5.11. The molecule has 1 atom stereocenters. The molecule has 0 aliphatic carbocycles. The number of rotatable bonds is 7.